The number of hydrogen-bond donors (Lipinski definition) is 3. The molecule has 0 aliphatic heterocycles. The minimum atomic E-state index is -4.99. The lowest BCUT2D eigenvalue weighted by Crippen LogP contribution is -2.30. The Labute approximate surface area is 618 Å². The molecule has 0 fully saturated rings. The van der Waals surface area contributed by atoms with E-state index in [1.807, 2.05) is 0 Å². The van der Waals surface area contributed by atoms with Crippen molar-refractivity contribution in [3.63, 3.8) is 0 Å². The molecule has 0 rings (SSSR count). The second-order valence-corrected chi connectivity index (χ2v) is 28.8. The average molecular weight is 1470 g/mol. The molecule has 0 aromatic carbocycles. The summed E-state index contributed by atoms with van der Waals surface area (Å²) in [7, 11) is -9.98. The monoisotopic (exact) mass is 1470 g/mol. The SMILES string of the molecule is CC/C=C\C/C=C\C/C=C\C/C=C\CCCCCCC(=O)OCC(COP(=O)(O)OCC(O)COP(=O)(O)OCC(COC(=O)CCCC/C=C\C/C=C\C/C=C\C/C=C\CC)OC(=O)CCCCCCC/C=C\CCCCCCCC)OC(=O)CCCCCCC/C=C\C/C=C\CCCCC. The number of allylic oxidation sites excluding steroid dienone is 22. The molecule has 0 amide bonds. The van der Waals surface area contributed by atoms with Gasteiger partial charge in [-0.1, -0.05) is 258 Å². The molecule has 0 aromatic heterocycles. The number of unbranched alkanes of at least 4 members (excludes halogenated alkanes) is 25. The Kier molecular flexibility index (Phi) is 71.0. The van der Waals surface area contributed by atoms with E-state index in [0.29, 0.717) is 25.7 Å². The van der Waals surface area contributed by atoms with E-state index in [9.17, 15) is 43.2 Å². The topological polar surface area (TPSA) is 237 Å². The fourth-order valence-electron chi connectivity index (χ4n) is 10.1. The number of rotatable bonds is 73. The van der Waals surface area contributed by atoms with Crippen LogP contribution >= 0.6 is 15.6 Å². The van der Waals surface area contributed by atoms with Gasteiger partial charge in [-0.3, -0.25) is 37.3 Å². The normalized spacial score (nSPS) is 14.6. The largest absolute Gasteiger partial charge is 0.472 e. The van der Waals surface area contributed by atoms with Crippen molar-refractivity contribution in [1.29, 1.82) is 0 Å². The van der Waals surface area contributed by atoms with Gasteiger partial charge in [0, 0.05) is 25.7 Å². The smallest absolute Gasteiger partial charge is 0.462 e. The number of phosphoric ester groups is 2. The number of esters is 4. The molecule has 0 heterocycles. The third-order valence-corrected chi connectivity index (χ3v) is 18.0. The van der Waals surface area contributed by atoms with Gasteiger partial charge in [-0.2, -0.15) is 0 Å². The van der Waals surface area contributed by atoms with E-state index in [-0.39, 0.29) is 25.7 Å². The van der Waals surface area contributed by atoms with E-state index in [2.05, 4.69) is 161 Å². The lowest BCUT2D eigenvalue weighted by molar-refractivity contribution is -0.161. The van der Waals surface area contributed by atoms with Gasteiger partial charge in [0.05, 0.1) is 26.4 Å². The Morgan fingerprint density at radius 1 is 0.284 bits per heavy atom. The zero-order valence-corrected chi connectivity index (χ0v) is 65.5. The second kappa shape index (κ2) is 74.5. The highest BCUT2D eigenvalue weighted by molar-refractivity contribution is 7.47. The molecule has 0 spiro atoms. The van der Waals surface area contributed by atoms with Crippen LogP contribution in [0.2, 0.25) is 0 Å². The number of aliphatic hydroxyl groups is 1. The van der Waals surface area contributed by atoms with Crippen LogP contribution in [0.3, 0.4) is 0 Å². The van der Waals surface area contributed by atoms with Gasteiger partial charge in [-0.15, -0.1) is 0 Å². The molecule has 102 heavy (non-hydrogen) atoms. The summed E-state index contributed by atoms with van der Waals surface area (Å²) >= 11 is 0. The second-order valence-electron chi connectivity index (χ2n) is 25.9. The molecule has 0 saturated carbocycles. The molecule has 3 N–H and O–H groups in total. The van der Waals surface area contributed by atoms with Crippen molar-refractivity contribution >= 4 is 39.5 Å². The van der Waals surface area contributed by atoms with Crippen LogP contribution in [0.5, 0.6) is 0 Å². The van der Waals surface area contributed by atoms with Crippen molar-refractivity contribution in [2.75, 3.05) is 39.6 Å². The predicted octanol–water partition coefficient (Wildman–Crippen LogP) is 22.9. The summed E-state index contributed by atoms with van der Waals surface area (Å²) in [5.41, 5.74) is 0. The van der Waals surface area contributed by atoms with Gasteiger partial charge in [0.1, 0.15) is 19.3 Å². The summed E-state index contributed by atoms with van der Waals surface area (Å²) < 4.78 is 68.5. The first-order valence-corrected chi connectivity index (χ1v) is 42.4. The van der Waals surface area contributed by atoms with Gasteiger partial charge >= 0.3 is 39.5 Å². The molecule has 0 saturated heterocycles. The molecule has 0 bridgehead atoms. The van der Waals surface area contributed by atoms with Crippen LogP contribution in [0, 0.1) is 0 Å². The number of phosphoric acid groups is 2. The van der Waals surface area contributed by atoms with Gasteiger partial charge in [-0.25, -0.2) is 9.13 Å². The molecule has 19 heteroatoms. The number of carbonyl (C=O) groups excluding carboxylic acids is 4. The van der Waals surface area contributed by atoms with Crippen LogP contribution in [0.15, 0.2) is 134 Å². The Balaban J connectivity index is 5.44. The van der Waals surface area contributed by atoms with Crippen molar-refractivity contribution in [1.82, 2.24) is 0 Å². The molecule has 584 valence electrons. The lowest BCUT2D eigenvalue weighted by atomic mass is 10.1. The zero-order valence-electron chi connectivity index (χ0n) is 63.7. The van der Waals surface area contributed by atoms with E-state index < -0.39 is 97.5 Å². The van der Waals surface area contributed by atoms with Crippen LogP contribution in [-0.2, 0) is 65.4 Å². The maximum atomic E-state index is 13.1. The minimum absolute atomic E-state index is 0.0692. The first kappa shape index (κ1) is 97.2. The highest BCUT2D eigenvalue weighted by Gasteiger charge is 2.30. The molecular weight excluding hydrogens is 1330 g/mol. The maximum Gasteiger partial charge on any atom is 0.472 e. The van der Waals surface area contributed by atoms with Crippen LogP contribution < -0.4 is 0 Å². The van der Waals surface area contributed by atoms with Crippen LogP contribution in [0.1, 0.15) is 310 Å². The number of aliphatic hydroxyl groups excluding tert-OH is 1. The molecule has 0 radical (unpaired) electrons. The molecule has 5 unspecified atom stereocenters. The molecule has 0 aliphatic rings. The minimum Gasteiger partial charge on any atom is -0.462 e. The van der Waals surface area contributed by atoms with Crippen LogP contribution in [-0.4, -0.2) is 96.7 Å². The number of hydrogen-bond acceptors (Lipinski definition) is 15. The molecule has 5 atom stereocenters. The van der Waals surface area contributed by atoms with E-state index in [1.54, 1.807) is 0 Å². The quantitative estimate of drug-likeness (QED) is 0.0169. The Morgan fingerprint density at radius 2 is 0.510 bits per heavy atom. The highest BCUT2D eigenvalue weighted by atomic mass is 31.2. The van der Waals surface area contributed by atoms with Gasteiger partial charge in [-0.05, 0) is 161 Å². The van der Waals surface area contributed by atoms with Crippen LogP contribution in [0.25, 0.3) is 0 Å². The molecular formula is C83H140O17P2. The third-order valence-electron chi connectivity index (χ3n) is 16.1. The number of carbonyl (C=O) groups is 4. The highest BCUT2D eigenvalue weighted by Crippen LogP contribution is 2.45. The van der Waals surface area contributed by atoms with Gasteiger partial charge < -0.3 is 33.8 Å². The Morgan fingerprint density at radius 3 is 0.833 bits per heavy atom. The van der Waals surface area contributed by atoms with Crippen LogP contribution in [0.4, 0.5) is 0 Å². The van der Waals surface area contributed by atoms with Gasteiger partial charge in [0.15, 0.2) is 12.2 Å². The first-order chi connectivity index (χ1) is 49.7. The fourth-order valence-corrected chi connectivity index (χ4v) is 11.7. The van der Waals surface area contributed by atoms with E-state index in [4.69, 9.17) is 37.0 Å². The predicted molar refractivity (Wildman–Crippen MR) is 418 cm³/mol. The average Bonchev–Trinajstić information content (AvgIpc) is 0.923. The summed E-state index contributed by atoms with van der Waals surface area (Å²) in [6.07, 6.45) is 82.9. The summed E-state index contributed by atoms with van der Waals surface area (Å²) in [6.45, 7) is 4.52. The molecule has 0 aromatic rings. The van der Waals surface area contributed by atoms with Crippen molar-refractivity contribution in [2.45, 2.75) is 329 Å². The summed E-state index contributed by atoms with van der Waals surface area (Å²) in [4.78, 5) is 73.0. The van der Waals surface area contributed by atoms with Crippen molar-refractivity contribution in [3.8, 4) is 0 Å². The van der Waals surface area contributed by atoms with Gasteiger partial charge in [0.2, 0.25) is 0 Å². The third kappa shape index (κ3) is 73.5. The lowest BCUT2D eigenvalue weighted by Gasteiger charge is -2.21. The number of ether oxygens (including phenoxy) is 4. The molecule has 0 aliphatic carbocycles. The molecule has 17 nitrogen and oxygen atoms in total. The first-order valence-electron chi connectivity index (χ1n) is 39.4. The van der Waals surface area contributed by atoms with Crippen molar-refractivity contribution in [2.24, 2.45) is 0 Å². The zero-order chi connectivity index (χ0) is 74.6. The summed E-state index contributed by atoms with van der Waals surface area (Å²) in [5.74, 6) is -2.27. The maximum absolute atomic E-state index is 13.1. The Hall–Kier alpha value is -4.80. The van der Waals surface area contributed by atoms with Crippen molar-refractivity contribution < 1.29 is 80.2 Å². The summed E-state index contributed by atoms with van der Waals surface area (Å²) in [6, 6.07) is 0. The van der Waals surface area contributed by atoms with E-state index >= 15 is 0 Å². The van der Waals surface area contributed by atoms with Gasteiger partial charge in [0.25, 0.3) is 0 Å². The van der Waals surface area contributed by atoms with E-state index in [1.165, 1.54) is 57.8 Å². The standard InChI is InChI=1S/C83H140O17P2/c1-5-9-13-17-21-25-29-33-37-38-42-44-48-52-56-60-64-68-81(86)94-74-79(100-83(88)70-66-62-58-54-50-46-41-36-32-28-24-20-16-12-8-4)76-98-102(91,92)96-72-77(84)71-95-101(89,90)97-75-78(99-82(87)69-65-61-57-53-49-45-40-35-31-27-23-19-15-11-7-3)73-93-80(85)67-63-59-55-51-47-43-39-34-30-26-22-18-14-10-6-2/h9-10,13-14,21-22,24-26,28,33-37,39-42,44,47,51,77-79,84H,5-8,11-12,15-20,23,27,29-32,38,43,45-46,48-50,52-76H2,1-4H3,(H,89,90)(H,91,92)/b13-9-,14-10-,25-21-,26-22-,28-24-,37-33-,39-34-,40-35-,41-36-,44-42-,51-47-. The van der Waals surface area contributed by atoms with E-state index in [0.717, 1.165) is 173 Å². The fraction of sp³-hybridized carbons (Fsp3) is 0.687. The van der Waals surface area contributed by atoms with Crippen molar-refractivity contribution in [3.05, 3.63) is 134 Å². The Bertz CT molecular complexity index is 2460. The summed E-state index contributed by atoms with van der Waals surface area (Å²) in [5, 5.41) is 10.6.